The molecule has 1 atom stereocenters. The van der Waals surface area contributed by atoms with Crippen LogP contribution in [0.25, 0.3) is 21.3 Å². The number of aromatic carboxylic acids is 1. The summed E-state index contributed by atoms with van der Waals surface area (Å²) >= 11 is 1.73. The lowest BCUT2D eigenvalue weighted by molar-refractivity contribution is 0.0517. The number of carboxylic acids is 1. The first-order chi connectivity index (χ1) is 17.6. The molecule has 0 saturated heterocycles. The first-order valence-corrected chi connectivity index (χ1v) is 13.4. The SMILES string of the molecule is COc1c(-c2cc3c(s2)CCC(CNC(=O)OC(C)(C)C)C3)ccc2c(=O)c(C(=O)O)cn(C3CC3)c12. The number of thiophene rings is 1. The summed E-state index contributed by atoms with van der Waals surface area (Å²) in [6.07, 6.45) is 5.75. The van der Waals surface area contributed by atoms with Crippen LogP contribution in [0.4, 0.5) is 4.79 Å². The van der Waals surface area contributed by atoms with Gasteiger partial charge in [-0.05, 0) is 82.6 Å². The monoisotopic (exact) mass is 524 g/mol. The lowest BCUT2D eigenvalue weighted by atomic mass is 9.88. The Balaban J connectivity index is 1.46. The van der Waals surface area contributed by atoms with Gasteiger partial charge in [-0.1, -0.05) is 0 Å². The lowest BCUT2D eigenvalue weighted by Crippen LogP contribution is -2.36. The molecule has 8 nitrogen and oxygen atoms in total. The van der Waals surface area contributed by atoms with Crippen LogP contribution in [0.3, 0.4) is 0 Å². The van der Waals surface area contributed by atoms with Crippen LogP contribution in [0, 0.1) is 5.92 Å². The maximum atomic E-state index is 13.0. The van der Waals surface area contributed by atoms with Crippen LogP contribution in [-0.2, 0) is 17.6 Å². The van der Waals surface area contributed by atoms with Crippen LogP contribution in [0.2, 0.25) is 0 Å². The number of amides is 1. The summed E-state index contributed by atoms with van der Waals surface area (Å²) in [5.41, 5.74) is 1.59. The molecule has 9 heteroatoms. The third-order valence-corrected chi connectivity index (χ3v) is 8.18. The molecule has 1 amide bonds. The molecule has 2 heterocycles. The molecular weight excluding hydrogens is 492 g/mol. The quantitative estimate of drug-likeness (QED) is 0.447. The highest BCUT2D eigenvalue weighted by Gasteiger charge is 2.30. The van der Waals surface area contributed by atoms with Crippen LogP contribution in [0.5, 0.6) is 5.75 Å². The zero-order chi connectivity index (χ0) is 26.5. The molecule has 2 aliphatic carbocycles. The third-order valence-electron chi connectivity index (χ3n) is 6.91. The lowest BCUT2D eigenvalue weighted by Gasteiger charge is -2.24. The molecular formula is C28H32N2O6S. The predicted molar refractivity (Wildman–Crippen MR) is 143 cm³/mol. The summed E-state index contributed by atoms with van der Waals surface area (Å²) in [6, 6.07) is 5.95. The number of nitrogens with one attached hydrogen (secondary N) is 1. The first kappa shape index (κ1) is 25.3. The predicted octanol–water partition coefficient (Wildman–Crippen LogP) is 5.40. The number of aromatic nitrogens is 1. The molecule has 5 rings (SSSR count). The molecule has 1 aromatic carbocycles. The van der Waals surface area contributed by atoms with Crippen molar-refractivity contribution in [1.29, 1.82) is 0 Å². The first-order valence-electron chi connectivity index (χ1n) is 12.6. The second kappa shape index (κ2) is 9.52. The highest BCUT2D eigenvalue weighted by atomic mass is 32.1. The van der Waals surface area contributed by atoms with Crippen molar-refractivity contribution < 1.29 is 24.2 Å². The third kappa shape index (κ3) is 5.09. The van der Waals surface area contributed by atoms with E-state index in [4.69, 9.17) is 9.47 Å². The summed E-state index contributed by atoms with van der Waals surface area (Å²) in [7, 11) is 1.59. The number of hydrogen-bond donors (Lipinski definition) is 2. The number of carbonyl (C=O) groups excluding carboxylic acids is 1. The number of nitrogens with zero attached hydrogens (tertiary/aromatic N) is 1. The second-order valence-corrected chi connectivity index (χ2v) is 12.0. The van der Waals surface area contributed by atoms with Crippen LogP contribution in [-0.4, -0.2) is 41.0 Å². The number of hydrogen-bond acceptors (Lipinski definition) is 6. The number of fused-ring (bicyclic) bond motifs is 2. The molecule has 1 unspecified atom stereocenters. The summed E-state index contributed by atoms with van der Waals surface area (Å²) in [6.45, 7) is 6.12. The molecule has 1 fully saturated rings. The van der Waals surface area contributed by atoms with Gasteiger partial charge < -0.3 is 24.5 Å². The molecule has 37 heavy (non-hydrogen) atoms. The number of methoxy groups -OCH3 is 1. The van der Waals surface area contributed by atoms with Crippen molar-refractivity contribution in [3.63, 3.8) is 0 Å². The summed E-state index contributed by atoms with van der Waals surface area (Å²) < 4.78 is 13.2. The number of ether oxygens (including phenoxy) is 2. The Morgan fingerprint density at radius 3 is 2.62 bits per heavy atom. The number of benzene rings is 1. The van der Waals surface area contributed by atoms with Gasteiger partial charge in [0.25, 0.3) is 0 Å². The van der Waals surface area contributed by atoms with Crippen LogP contribution in [0.15, 0.2) is 29.2 Å². The number of aryl methyl sites for hydroxylation is 1. The molecule has 2 aromatic heterocycles. The zero-order valence-electron chi connectivity index (χ0n) is 21.6. The van der Waals surface area contributed by atoms with Crippen molar-refractivity contribution in [3.8, 4) is 16.2 Å². The van der Waals surface area contributed by atoms with E-state index in [-0.39, 0.29) is 11.6 Å². The molecule has 0 spiro atoms. The Kier molecular flexibility index (Phi) is 6.52. The topological polar surface area (TPSA) is 107 Å². The summed E-state index contributed by atoms with van der Waals surface area (Å²) in [5.74, 6) is -0.290. The Bertz CT molecular complexity index is 1440. The molecule has 0 bridgehead atoms. The minimum absolute atomic E-state index is 0.167. The smallest absolute Gasteiger partial charge is 0.407 e. The summed E-state index contributed by atoms with van der Waals surface area (Å²) in [4.78, 5) is 39.1. The zero-order valence-corrected chi connectivity index (χ0v) is 22.4. The largest absolute Gasteiger partial charge is 0.494 e. The Hall–Kier alpha value is -3.33. The van der Waals surface area contributed by atoms with Gasteiger partial charge >= 0.3 is 12.1 Å². The van der Waals surface area contributed by atoms with E-state index in [0.29, 0.717) is 29.1 Å². The highest BCUT2D eigenvalue weighted by Crippen LogP contribution is 2.45. The van der Waals surface area contributed by atoms with E-state index >= 15 is 0 Å². The van der Waals surface area contributed by atoms with Crippen molar-refractivity contribution >= 4 is 34.3 Å². The molecule has 2 aliphatic rings. The van der Waals surface area contributed by atoms with E-state index in [1.54, 1.807) is 24.5 Å². The van der Waals surface area contributed by atoms with Gasteiger partial charge in [0.1, 0.15) is 11.2 Å². The molecule has 0 radical (unpaired) electrons. The summed E-state index contributed by atoms with van der Waals surface area (Å²) in [5, 5.41) is 12.8. The minimum Gasteiger partial charge on any atom is -0.494 e. The number of carbonyl (C=O) groups is 2. The molecule has 196 valence electrons. The van der Waals surface area contributed by atoms with Gasteiger partial charge in [0.2, 0.25) is 5.43 Å². The van der Waals surface area contributed by atoms with Crippen molar-refractivity contribution in [2.24, 2.45) is 5.92 Å². The highest BCUT2D eigenvalue weighted by molar-refractivity contribution is 7.15. The number of pyridine rings is 1. The molecule has 0 aliphatic heterocycles. The van der Waals surface area contributed by atoms with Crippen molar-refractivity contribution in [3.05, 3.63) is 50.6 Å². The fraction of sp³-hybridized carbons (Fsp3) is 0.464. The van der Waals surface area contributed by atoms with Gasteiger partial charge in [-0.15, -0.1) is 11.3 Å². The Labute approximate surface area is 219 Å². The van der Waals surface area contributed by atoms with Gasteiger partial charge in [0.15, 0.2) is 5.75 Å². The fourth-order valence-electron chi connectivity index (χ4n) is 5.06. The van der Waals surface area contributed by atoms with E-state index in [0.717, 1.165) is 42.5 Å². The average Bonchev–Trinajstić information content (AvgIpc) is 3.59. The Morgan fingerprint density at radius 2 is 1.97 bits per heavy atom. The number of carboxylic acid groups (broad SMARTS) is 1. The Morgan fingerprint density at radius 1 is 1.22 bits per heavy atom. The van der Waals surface area contributed by atoms with Crippen molar-refractivity contribution in [2.45, 2.75) is 64.5 Å². The van der Waals surface area contributed by atoms with E-state index in [9.17, 15) is 19.5 Å². The van der Waals surface area contributed by atoms with E-state index in [1.807, 2.05) is 31.4 Å². The molecule has 1 saturated carbocycles. The van der Waals surface area contributed by atoms with E-state index in [2.05, 4.69) is 11.4 Å². The molecule has 2 N–H and O–H groups in total. The van der Waals surface area contributed by atoms with E-state index in [1.165, 1.54) is 16.6 Å². The molecule has 3 aromatic rings. The van der Waals surface area contributed by atoms with Crippen LogP contribution >= 0.6 is 11.3 Å². The number of alkyl carbamates (subject to hydrolysis) is 1. The average molecular weight is 525 g/mol. The van der Waals surface area contributed by atoms with Gasteiger partial charge in [-0.25, -0.2) is 9.59 Å². The van der Waals surface area contributed by atoms with Gasteiger partial charge in [-0.2, -0.15) is 0 Å². The maximum Gasteiger partial charge on any atom is 0.407 e. The number of rotatable bonds is 6. The van der Waals surface area contributed by atoms with Crippen molar-refractivity contribution in [1.82, 2.24) is 9.88 Å². The van der Waals surface area contributed by atoms with Crippen molar-refractivity contribution in [2.75, 3.05) is 13.7 Å². The van der Waals surface area contributed by atoms with Gasteiger partial charge in [0, 0.05) is 34.1 Å². The van der Waals surface area contributed by atoms with Gasteiger partial charge in [0.05, 0.1) is 18.0 Å². The standard InChI is InChI=1S/C28H32N2O6S/c1-28(2,3)36-27(34)29-13-15-5-10-21-16(11-15)12-22(37-21)18-8-9-19-23(25(18)35-4)30(17-6-7-17)14-20(24(19)31)26(32)33/h8-9,12,14-15,17H,5-7,10-11,13H2,1-4H3,(H,29,34)(H,32,33). The van der Waals surface area contributed by atoms with Crippen LogP contribution in [0.1, 0.15) is 66.9 Å². The maximum absolute atomic E-state index is 13.0. The minimum atomic E-state index is -1.22. The van der Waals surface area contributed by atoms with E-state index < -0.39 is 23.1 Å². The fourth-order valence-corrected chi connectivity index (χ4v) is 6.29. The second-order valence-electron chi connectivity index (χ2n) is 10.9. The normalized spacial score (nSPS) is 17.4. The van der Waals surface area contributed by atoms with Gasteiger partial charge in [-0.3, -0.25) is 4.79 Å². The van der Waals surface area contributed by atoms with Crippen LogP contribution < -0.4 is 15.5 Å².